The summed E-state index contributed by atoms with van der Waals surface area (Å²) in [5.74, 6) is 0.350. The Balaban J connectivity index is 1.72. The summed E-state index contributed by atoms with van der Waals surface area (Å²) in [6, 6.07) is 12.4. The van der Waals surface area contributed by atoms with E-state index in [9.17, 15) is 4.39 Å². The number of hydrogen-bond donors (Lipinski definition) is 1. The van der Waals surface area contributed by atoms with Crippen molar-refractivity contribution in [2.75, 3.05) is 19.8 Å². The van der Waals surface area contributed by atoms with Crippen molar-refractivity contribution in [2.45, 2.75) is 39.3 Å². The Labute approximate surface area is 160 Å². The largest absolute Gasteiger partial charge is 0.489 e. The van der Waals surface area contributed by atoms with Crippen LogP contribution in [0.3, 0.4) is 0 Å². The molecule has 1 N–H and O–H groups in total. The summed E-state index contributed by atoms with van der Waals surface area (Å²) in [4.78, 5) is 0. The van der Waals surface area contributed by atoms with Crippen molar-refractivity contribution in [3.8, 4) is 5.75 Å². The van der Waals surface area contributed by atoms with Gasteiger partial charge in [0.05, 0.1) is 5.02 Å². The average molecular weight is 380 g/mol. The van der Waals surface area contributed by atoms with Crippen LogP contribution >= 0.6 is 11.6 Å². The smallest absolute Gasteiger partial charge is 0.131 e. The summed E-state index contributed by atoms with van der Waals surface area (Å²) < 4.78 is 25.0. The van der Waals surface area contributed by atoms with Gasteiger partial charge in [-0.05, 0) is 49.2 Å². The van der Waals surface area contributed by atoms with Crippen molar-refractivity contribution in [1.82, 2.24) is 5.32 Å². The van der Waals surface area contributed by atoms with Crippen LogP contribution in [0.25, 0.3) is 0 Å². The van der Waals surface area contributed by atoms with Gasteiger partial charge in [-0.3, -0.25) is 0 Å². The minimum atomic E-state index is -0.350. The quantitative estimate of drug-likeness (QED) is 0.504. The molecule has 0 aliphatic heterocycles. The first-order valence-corrected chi connectivity index (χ1v) is 9.51. The fourth-order valence-electron chi connectivity index (χ4n) is 2.45. The molecule has 0 fully saturated rings. The van der Waals surface area contributed by atoms with Crippen LogP contribution in [0.2, 0.25) is 5.02 Å². The fourth-order valence-corrected chi connectivity index (χ4v) is 2.67. The van der Waals surface area contributed by atoms with Crippen LogP contribution < -0.4 is 10.1 Å². The van der Waals surface area contributed by atoms with E-state index in [4.69, 9.17) is 21.1 Å². The fraction of sp³-hybridized carbons (Fsp3) is 0.429. The highest BCUT2D eigenvalue weighted by Gasteiger charge is 2.07. The second-order valence-corrected chi connectivity index (χ2v) is 6.54. The Kier molecular flexibility index (Phi) is 9.46. The summed E-state index contributed by atoms with van der Waals surface area (Å²) in [7, 11) is 0. The van der Waals surface area contributed by atoms with Gasteiger partial charge in [0.2, 0.25) is 0 Å². The van der Waals surface area contributed by atoms with Gasteiger partial charge in [-0.1, -0.05) is 43.1 Å². The van der Waals surface area contributed by atoms with Crippen molar-refractivity contribution in [1.29, 1.82) is 0 Å². The third-order valence-corrected chi connectivity index (χ3v) is 4.31. The summed E-state index contributed by atoms with van der Waals surface area (Å²) in [5, 5.41) is 3.77. The number of rotatable bonds is 12. The normalized spacial score (nSPS) is 10.9. The summed E-state index contributed by atoms with van der Waals surface area (Å²) in [5.41, 5.74) is 1.50. The van der Waals surface area contributed by atoms with E-state index >= 15 is 0 Å². The second-order valence-electron chi connectivity index (χ2n) is 6.13. The highest BCUT2D eigenvalue weighted by molar-refractivity contribution is 6.31. The van der Waals surface area contributed by atoms with Crippen molar-refractivity contribution >= 4 is 11.6 Å². The van der Waals surface area contributed by atoms with E-state index in [2.05, 4.69) is 12.2 Å². The van der Waals surface area contributed by atoms with Crippen LogP contribution in [-0.4, -0.2) is 19.8 Å². The monoisotopic (exact) mass is 379 g/mol. The lowest BCUT2D eigenvalue weighted by atomic mass is 10.2. The van der Waals surface area contributed by atoms with Crippen LogP contribution in [-0.2, 0) is 17.9 Å². The highest BCUT2D eigenvalue weighted by atomic mass is 35.5. The molecule has 2 aromatic rings. The number of hydrogen-bond acceptors (Lipinski definition) is 3. The zero-order valence-electron chi connectivity index (χ0n) is 15.3. The van der Waals surface area contributed by atoms with Gasteiger partial charge in [-0.25, -0.2) is 4.39 Å². The van der Waals surface area contributed by atoms with E-state index in [1.807, 2.05) is 24.3 Å². The minimum absolute atomic E-state index is 0.109. The number of ether oxygens (including phenoxy) is 2. The zero-order valence-corrected chi connectivity index (χ0v) is 16.0. The predicted octanol–water partition coefficient (Wildman–Crippen LogP) is 5.35. The molecule has 0 aliphatic rings. The molecule has 3 nitrogen and oxygen atoms in total. The Bertz CT molecular complexity index is 646. The zero-order chi connectivity index (χ0) is 18.6. The van der Waals surface area contributed by atoms with Crippen molar-refractivity contribution in [2.24, 2.45) is 0 Å². The van der Waals surface area contributed by atoms with E-state index in [1.165, 1.54) is 12.5 Å². The van der Waals surface area contributed by atoms with Gasteiger partial charge in [0, 0.05) is 25.3 Å². The second kappa shape index (κ2) is 11.9. The van der Waals surface area contributed by atoms with Gasteiger partial charge in [0.25, 0.3) is 0 Å². The number of unbranched alkanes of at least 4 members (excludes halogenated alkanes) is 1. The molecule has 0 radical (unpaired) electrons. The topological polar surface area (TPSA) is 30.5 Å². The molecule has 0 aromatic heterocycles. The molecule has 0 unspecified atom stereocenters. The number of halogens is 2. The van der Waals surface area contributed by atoms with Crippen molar-refractivity contribution < 1.29 is 13.9 Å². The van der Waals surface area contributed by atoms with Gasteiger partial charge in [-0.15, -0.1) is 0 Å². The number of nitrogens with one attached hydrogen (secondary N) is 1. The molecule has 0 bridgehead atoms. The maximum absolute atomic E-state index is 13.8. The first-order valence-electron chi connectivity index (χ1n) is 9.13. The van der Waals surface area contributed by atoms with E-state index < -0.39 is 0 Å². The lowest BCUT2D eigenvalue weighted by Crippen LogP contribution is -2.16. The van der Waals surface area contributed by atoms with Crippen LogP contribution in [0.1, 0.15) is 37.3 Å². The third kappa shape index (κ3) is 7.32. The molecule has 0 heterocycles. The number of benzene rings is 2. The molecule has 0 saturated carbocycles. The molecule has 0 saturated heterocycles. The molecule has 0 aliphatic carbocycles. The van der Waals surface area contributed by atoms with E-state index in [0.717, 1.165) is 44.7 Å². The lowest BCUT2D eigenvalue weighted by molar-refractivity contribution is 0.129. The van der Waals surface area contributed by atoms with Crippen LogP contribution in [0, 0.1) is 5.82 Å². The van der Waals surface area contributed by atoms with Gasteiger partial charge in [0.15, 0.2) is 0 Å². The van der Waals surface area contributed by atoms with Crippen LogP contribution in [0.4, 0.5) is 4.39 Å². The third-order valence-electron chi connectivity index (χ3n) is 3.96. The van der Waals surface area contributed by atoms with Gasteiger partial charge >= 0.3 is 0 Å². The van der Waals surface area contributed by atoms with Gasteiger partial charge in [-0.2, -0.15) is 0 Å². The van der Waals surface area contributed by atoms with Crippen molar-refractivity contribution in [3.63, 3.8) is 0 Å². The standard InChI is InChI=1S/C21H27ClFNO2/c1-2-3-12-25-13-6-11-24-15-17-7-4-8-18(14-17)26-16-19-20(22)9-5-10-21(19)23/h4-5,7-10,14,24H,2-3,6,11-13,15-16H2,1H3. The Hall–Kier alpha value is -1.62. The summed E-state index contributed by atoms with van der Waals surface area (Å²) in [6.45, 7) is 5.57. The SMILES string of the molecule is CCCCOCCCNCc1cccc(OCc2c(F)cccc2Cl)c1. The molecule has 26 heavy (non-hydrogen) atoms. The van der Waals surface area contributed by atoms with E-state index in [0.29, 0.717) is 16.3 Å². The predicted molar refractivity (Wildman–Crippen MR) is 104 cm³/mol. The molecule has 0 atom stereocenters. The Morgan fingerprint density at radius 3 is 2.69 bits per heavy atom. The lowest BCUT2D eigenvalue weighted by Gasteiger charge is -2.11. The van der Waals surface area contributed by atoms with Gasteiger partial charge in [0.1, 0.15) is 18.2 Å². The Morgan fingerprint density at radius 1 is 1.08 bits per heavy atom. The first-order chi connectivity index (χ1) is 12.7. The van der Waals surface area contributed by atoms with Crippen molar-refractivity contribution in [3.05, 3.63) is 64.4 Å². The summed E-state index contributed by atoms with van der Waals surface area (Å²) >= 11 is 6.02. The van der Waals surface area contributed by atoms with Gasteiger partial charge < -0.3 is 14.8 Å². The van der Waals surface area contributed by atoms with E-state index in [-0.39, 0.29) is 12.4 Å². The average Bonchev–Trinajstić information content (AvgIpc) is 2.64. The maximum atomic E-state index is 13.8. The molecule has 0 amide bonds. The molecule has 2 rings (SSSR count). The molecule has 2 aromatic carbocycles. The first kappa shape index (κ1) is 20.7. The molecule has 0 spiro atoms. The summed E-state index contributed by atoms with van der Waals surface area (Å²) in [6.07, 6.45) is 3.28. The van der Waals surface area contributed by atoms with Crippen LogP contribution in [0.5, 0.6) is 5.75 Å². The molecule has 142 valence electrons. The molecule has 5 heteroatoms. The molecular weight excluding hydrogens is 353 g/mol. The maximum Gasteiger partial charge on any atom is 0.131 e. The highest BCUT2D eigenvalue weighted by Crippen LogP contribution is 2.22. The van der Waals surface area contributed by atoms with E-state index in [1.54, 1.807) is 12.1 Å². The van der Waals surface area contributed by atoms with Crippen LogP contribution in [0.15, 0.2) is 42.5 Å². The molecular formula is C21H27ClFNO2. The Morgan fingerprint density at radius 2 is 1.88 bits per heavy atom. The minimum Gasteiger partial charge on any atom is -0.489 e.